The predicted molar refractivity (Wildman–Crippen MR) is 96.2 cm³/mol. The number of rotatable bonds is 7. The average Bonchev–Trinajstić information content (AvgIpc) is 2.64. The van der Waals surface area contributed by atoms with Crippen molar-refractivity contribution >= 4 is 12.0 Å². The highest BCUT2D eigenvalue weighted by Crippen LogP contribution is 2.30. The molecule has 0 radical (unpaired) electrons. The number of hydrogen-bond donors (Lipinski definition) is 0. The van der Waals surface area contributed by atoms with E-state index in [0.717, 1.165) is 0 Å². The highest BCUT2D eigenvalue weighted by molar-refractivity contribution is 5.91. The molecule has 0 saturated heterocycles. The van der Waals surface area contributed by atoms with Crippen LogP contribution in [0.4, 0.5) is 0 Å². The Labute approximate surface area is 151 Å². The quantitative estimate of drug-likeness (QED) is 0.323. The van der Waals surface area contributed by atoms with E-state index in [1.165, 1.54) is 13.0 Å². The molecule has 0 unspecified atom stereocenters. The van der Waals surface area contributed by atoms with Crippen LogP contribution >= 0.6 is 0 Å². The van der Waals surface area contributed by atoms with Crippen molar-refractivity contribution in [3.63, 3.8) is 0 Å². The molecule has 2 rings (SSSR count). The summed E-state index contributed by atoms with van der Waals surface area (Å²) in [6, 6.07) is 11.3. The summed E-state index contributed by atoms with van der Waals surface area (Å²) in [5, 5.41) is 10.8. The number of nitrogens with zero attached hydrogens (tertiary/aromatic N) is 1. The van der Waals surface area contributed by atoms with Gasteiger partial charge in [-0.05, 0) is 48.9 Å². The lowest BCUT2D eigenvalue weighted by Crippen LogP contribution is -2.09. The van der Waals surface area contributed by atoms with Gasteiger partial charge in [-0.25, -0.2) is 4.79 Å². The van der Waals surface area contributed by atoms with E-state index in [1.54, 1.807) is 56.5 Å². The first-order chi connectivity index (χ1) is 12.4. The summed E-state index contributed by atoms with van der Waals surface area (Å²) in [6.07, 6.45) is 1.41. The number of allylic oxidation sites excluding steroid dienone is 1. The molecule has 26 heavy (non-hydrogen) atoms. The molecule has 0 N–H and O–H groups in total. The minimum atomic E-state index is -0.543. The average molecular weight is 357 g/mol. The molecule has 2 aromatic carbocycles. The van der Waals surface area contributed by atoms with Crippen molar-refractivity contribution in [2.24, 2.45) is 0 Å². The molecule has 2 aromatic rings. The Balaban J connectivity index is 2.25. The molecule has 0 aliphatic carbocycles. The largest absolute Gasteiger partial charge is 0.497 e. The van der Waals surface area contributed by atoms with Crippen LogP contribution in [-0.2, 0) is 0 Å². The lowest BCUT2D eigenvalue weighted by Gasteiger charge is -2.11. The summed E-state index contributed by atoms with van der Waals surface area (Å²) in [4.78, 5) is 22.6. The monoisotopic (exact) mass is 357 g/mol. The normalized spacial score (nSPS) is 11.0. The Bertz CT molecular complexity index is 826. The second-order valence-electron chi connectivity index (χ2n) is 5.30. The van der Waals surface area contributed by atoms with Gasteiger partial charge in [0.05, 0.1) is 24.2 Å². The van der Waals surface area contributed by atoms with E-state index in [2.05, 4.69) is 0 Å². The van der Waals surface area contributed by atoms with Gasteiger partial charge in [-0.1, -0.05) is 6.07 Å². The van der Waals surface area contributed by atoms with Crippen molar-refractivity contribution in [2.75, 3.05) is 13.7 Å². The Hall–Kier alpha value is -3.35. The van der Waals surface area contributed by atoms with Gasteiger partial charge >= 0.3 is 5.97 Å². The Morgan fingerprint density at radius 3 is 2.42 bits per heavy atom. The lowest BCUT2D eigenvalue weighted by atomic mass is 10.1. The first kappa shape index (κ1) is 19.0. The van der Waals surface area contributed by atoms with Crippen molar-refractivity contribution in [3.05, 3.63) is 69.4 Å². The molecule has 0 heterocycles. The summed E-state index contributed by atoms with van der Waals surface area (Å²) >= 11 is 0. The third-order valence-electron chi connectivity index (χ3n) is 3.46. The van der Waals surface area contributed by atoms with Gasteiger partial charge in [-0.15, -0.1) is 0 Å². The number of carbonyl (C=O) groups is 1. The van der Waals surface area contributed by atoms with Crippen molar-refractivity contribution in [1.29, 1.82) is 0 Å². The summed E-state index contributed by atoms with van der Waals surface area (Å²) in [5.74, 6) is 0.662. The second kappa shape index (κ2) is 8.66. The fourth-order valence-corrected chi connectivity index (χ4v) is 2.15. The highest BCUT2D eigenvalue weighted by atomic mass is 16.6. The van der Waals surface area contributed by atoms with E-state index >= 15 is 0 Å². The van der Waals surface area contributed by atoms with Gasteiger partial charge < -0.3 is 14.2 Å². The molecule has 136 valence electrons. The van der Waals surface area contributed by atoms with Gasteiger partial charge in [0.1, 0.15) is 5.75 Å². The van der Waals surface area contributed by atoms with Crippen molar-refractivity contribution in [3.8, 4) is 17.2 Å². The molecule has 0 aliphatic heterocycles. The first-order valence-corrected chi connectivity index (χ1v) is 7.90. The molecule has 0 aliphatic rings. The number of benzene rings is 2. The third-order valence-corrected chi connectivity index (χ3v) is 3.46. The van der Waals surface area contributed by atoms with Crippen LogP contribution in [0.25, 0.3) is 6.08 Å². The molecule has 0 amide bonds. The number of esters is 1. The van der Waals surface area contributed by atoms with Crippen LogP contribution < -0.4 is 14.2 Å². The Morgan fingerprint density at radius 2 is 1.85 bits per heavy atom. The fourth-order valence-electron chi connectivity index (χ4n) is 2.15. The van der Waals surface area contributed by atoms with E-state index in [9.17, 15) is 14.9 Å². The topological polar surface area (TPSA) is 87.9 Å². The molecule has 7 heteroatoms. The van der Waals surface area contributed by atoms with Crippen LogP contribution in [0.15, 0.2) is 48.2 Å². The maximum atomic E-state index is 12.3. The number of hydrogen-bond acceptors (Lipinski definition) is 6. The molecule has 0 atom stereocenters. The van der Waals surface area contributed by atoms with Crippen molar-refractivity contribution in [2.45, 2.75) is 13.8 Å². The maximum absolute atomic E-state index is 12.3. The number of carbonyl (C=O) groups excluding carboxylic acids is 1. The highest BCUT2D eigenvalue weighted by Gasteiger charge is 2.14. The number of methoxy groups -OCH3 is 1. The first-order valence-electron chi connectivity index (χ1n) is 7.90. The minimum absolute atomic E-state index is 0.00424. The minimum Gasteiger partial charge on any atom is -0.497 e. The maximum Gasteiger partial charge on any atom is 0.343 e. The summed E-state index contributed by atoms with van der Waals surface area (Å²) in [5.41, 5.74) is 0.934. The van der Waals surface area contributed by atoms with Crippen LogP contribution in [0.5, 0.6) is 17.2 Å². The molecule has 0 bridgehead atoms. The van der Waals surface area contributed by atoms with E-state index < -0.39 is 10.9 Å². The van der Waals surface area contributed by atoms with Gasteiger partial charge in [0, 0.05) is 13.0 Å². The van der Waals surface area contributed by atoms with Gasteiger partial charge in [-0.3, -0.25) is 10.1 Å². The molecular weight excluding hydrogens is 338 g/mol. The van der Waals surface area contributed by atoms with Crippen molar-refractivity contribution < 1.29 is 23.9 Å². The molecule has 0 saturated carbocycles. The summed E-state index contributed by atoms with van der Waals surface area (Å²) in [7, 11) is 1.54. The standard InChI is InChI=1S/C19H19NO6/c1-4-25-18-12-14(11-13(2)20(22)23)5-10-17(18)26-19(21)15-6-8-16(24-3)9-7-15/h5-12H,4H2,1-3H3/b13-11-. The molecule has 0 fully saturated rings. The zero-order valence-electron chi connectivity index (χ0n) is 14.7. The van der Waals surface area contributed by atoms with Crippen LogP contribution in [-0.4, -0.2) is 24.6 Å². The molecule has 0 aromatic heterocycles. The fraction of sp³-hybridized carbons (Fsp3) is 0.211. The van der Waals surface area contributed by atoms with E-state index in [4.69, 9.17) is 14.2 Å². The van der Waals surface area contributed by atoms with Crippen LogP contribution in [0, 0.1) is 10.1 Å². The smallest absolute Gasteiger partial charge is 0.343 e. The molecule has 7 nitrogen and oxygen atoms in total. The number of nitro groups is 1. The zero-order valence-corrected chi connectivity index (χ0v) is 14.7. The van der Waals surface area contributed by atoms with Crippen molar-refractivity contribution in [1.82, 2.24) is 0 Å². The SMILES string of the molecule is CCOc1cc(/C=C(/C)[N+](=O)[O-])ccc1OC(=O)c1ccc(OC)cc1. The molecular formula is C19H19NO6. The van der Waals surface area contributed by atoms with Crippen LogP contribution in [0.1, 0.15) is 29.8 Å². The Kier molecular flexibility index (Phi) is 6.32. The van der Waals surface area contributed by atoms with E-state index in [1.807, 2.05) is 0 Å². The van der Waals surface area contributed by atoms with Gasteiger partial charge in [-0.2, -0.15) is 0 Å². The van der Waals surface area contributed by atoms with Gasteiger partial charge in [0.25, 0.3) is 0 Å². The van der Waals surface area contributed by atoms with Crippen LogP contribution in [0.3, 0.4) is 0 Å². The van der Waals surface area contributed by atoms with Gasteiger partial charge in [0.2, 0.25) is 5.70 Å². The van der Waals surface area contributed by atoms with Gasteiger partial charge in [0.15, 0.2) is 11.5 Å². The summed E-state index contributed by atoms with van der Waals surface area (Å²) in [6.45, 7) is 3.55. The zero-order chi connectivity index (χ0) is 19.1. The third kappa shape index (κ3) is 4.83. The van der Waals surface area contributed by atoms with E-state index in [0.29, 0.717) is 29.2 Å². The van der Waals surface area contributed by atoms with E-state index in [-0.39, 0.29) is 11.4 Å². The predicted octanol–water partition coefficient (Wildman–Crippen LogP) is 3.95. The second-order valence-corrected chi connectivity index (χ2v) is 5.30. The number of ether oxygens (including phenoxy) is 3. The van der Waals surface area contributed by atoms with Crippen LogP contribution in [0.2, 0.25) is 0 Å². The molecule has 0 spiro atoms. The lowest BCUT2D eigenvalue weighted by molar-refractivity contribution is -0.422. The summed E-state index contributed by atoms with van der Waals surface area (Å²) < 4.78 is 16.0. The Morgan fingerprint density at radius 1 is 1.15 bits per heavy atom.